The molecular weight excluding hydrogens is 613 g/mol. The van der Waals surface area contributed by atoms with Crippen molar-refractivity contribution in [1.29, 1.82) is 0 Å². The molecule has 1 amide bonds. The summed E-state index contributed by atoms with van der Waals surface area (Å²) >= 11 is 0. The van der Waals surface area contributed by atoms with Gasteiger partial charge in [0.2, 0.25) is 11.9 Å². The van der Waals surface area contributed by atoms with Crippen LogP contribution in [0.5, 0.6) is 0 Å². The number of nitrogens with one attached hydrogen (secondary N) is 2. The average Bonchev–Trinajstić information content (AvgIpc) is 3.62. The maximum absolute atomic E-state index is 15.1. The molecule has 0 aliphatic carbocycles. The third kappa shape index (κ3) is 5.72. The monoisotopic (exact) mass is 645 g/mol. The van der Waals surface area contributed by atoms with E-state index in [0.717, 1.165) is 21.9 Å². The summed E-state index contributed by atoms with van der Waals surface area (Å²) in [5.74, 6) is 0.749. The molecule has 0 spiro atoms. The lowest BCUT2D eigenvalue weighted by molar-refractivity contribution is 0.0741. The van der Waals surface area contributed by atoms with Crippen LogP contribution in [0, 0.1) is 5.82 Å². The molecule has 242 valence electrons. The van der Waals surface area contributed by atoms with Crippen LogP contribution in [0.3, 0.4) is 0 Å². The number of ether oxygens (including phenoxy) is 1. The van der Waals surface area contributed by atoms with Gasteiger partial charge in [0.1, 0.15) is 5.82 Å². The van der Waals surface area contributed by atoms with Crippen LogP contribution >= 0.6 is 0 Å². The SMILES string of the molecule is O=C(c1cc(Cc2n[nH]c(=O)c3ccccc23)ccc1F)N1CCN(c2nc(-c3ccc4[nH]ccc4c3)nc(N3CCOCC3)n2)CC1. The van der Waals surface area contributed by atoms with Crippen molar-refractivity contribution in [3.05, 3.63) is 106 Å². The topological polar surface area (TPSA) is 136 Å². The summed E-state index contributed by atoms with van der Waals surface area (Å²) in [6.07, 6.45) is 2.23. The predicted octanol–water partition coefficient (Wildman–Crippen LogP) is 3.79. The van der Waals surface area contributed by atoms with Crippen molar-refractivity contribution in [2.24, 2.45) is 0 Å². The number of amides is 1. The Labute approximate surface area is 274 Å². The lowest BCUT2D eigenvalue weighted by Crippen LogP contribution is -2.49. The number of aromatic amines is 2. The number of aromatic nitrogens is 6. The van der Waals surface area contributed by atoms with Gasteiger partial charge in [0, 0.05) is 73.7 Å². The maximum atomic E-state index is 15.1. The number of carbonyl (C=O) groups excluding carboxylic acids is 1. The van der Waals surface area contributed by atoms with Crippen LogP contribution in [-0.4, -0.2) is 93.4 Å². The normalized spacial score (nSPS) is 15.4. The molecule has 0 unspecified atom stereocenters. The smallest absolute Gasteiger partial charge is 0.272 e. The lowest BCUT2D eigenvalue weighted by atomic mass is 10.0. The van der Waals surface area contributed by atoms with E-state index in [0.29, 0.717) is 93.3 Å². The van der Waals surface area contributed by atoms with Crippen LogP contribution < -0.4 is 15.4 Å². The van der Waals surface area contributed by atoms with Gasteiger partial charge in [0.25, 0.3) is 11.5 Å². The van der Waals surface area contributed by atoms with Gasteiger partial charge in [-0.2, -0.15) is 20.1 Å². The van der Waals surface area contributed by atoms with E-state index >= 15 is 4.39 Å². The minimum atomic E-state index is -0.581. The van der Waals surface area contributed by atoms with E-state index in [1.165, 1.54) is 6.07 Å². The van der Waals surface area contributed by atoms with E-state index in [4.69, 9.17) is 19.7 Å². The number of hydrogen-bond acceptors (Lipinski definition) is 9. The van der Waals surface area contributed by atoms with Crippen LogP contribution in [0.2, 0.25) is 0 Å². The lowest BCUT2D eigenvalue weighted by Gasteiger charge is -2.35. The van der Waals surface area contributed by atoms with E-state index in [1.54, 1.807) is 29.2 Å². The summed E-state index contributed by atoms with van der Waals surface area (Å²) in [7, 11) is 0. The van der Waals surface area contributed by atoms with E-state index in [9.17, 15) is 9.59 Å². The van der Waals surface area contributed by atoms with Crippen LogP contribution in [0.15, 0.2) is 77.7 Å². The number of halogens is 1. The van der Waals surface area contributed by atoms with Crippen molar-refractivity contribution >= 4 is 39.5 Å². The van der Waals surface area contributed by atoms with Crippen molar-refractivity contribution in [1.82, 2.24) is 35.0 Å². The molecule has 0 bridgehead atoms. The Morgan fingerprint density at radius 2 is 1.58 bits per heavy atom. The Kier molecular flexibility index (Phi) is 7.73. The molecule has 2 aliphatic rings. The van der Waals surface area contributed by atoms with Gasteiger partial charge in [-0.15, -0.1) is 0 Å². The van der Waals surface area contributed by atoms with Gasteiger partial charge >= 0.3 is 0 Å². The third-order valence-electron chi connectivity index (χ3n) is 8.97. The highest BCUT2D eigenvalue weighted by Crippen LogP contribution is 2.26. The molecule has 13 heteroatoms. The third-order valence-corrected chi connectivity index (χ3v) is 8.97. The second kappa shape index (κ2) is 12.5. The number of morpholine rings is 1. The van der Waals surface area contributed by atoms with Crippen LogP contribution in [0.25, 0.3) is 33.1 Å². The summed E-state index contributed by atoms with van der Waals surface area (Å²) in [6, 6.07) is 19.8. The Balaban J connectivity index is 1.02. The number of carbonyl (C=O) groups is 1. The standard InChI is InChI=1S/C35H32FN9O3/c36-28-7-5-22(20-30-25-3-1-2-4-26(25)32(46)42-41-30)19-27(28)33(47)43-11-13-44(14-12-43)34-38-31(24-6-8-29-23(21-24)9-10-37-29)39-35(40-34)45-15-17-48-18-16-45/h1-10,19,21,37H,11-18,20H2,(H,42,46). The first-order chi connectivity index (χ1) is 23.5. The molecule has 2 aliphatic heterocycles. The van der Waals surface area contributed by atoms with Gasteiger partial charge in [0.05, 0.1) is 29.9 Å². The number of rotatable bonds is 6. The molecule has 0 saturated carbocycles. The van der Waals surface area contributed by atoms with Crippen molar-refractivity contribution in [3.8, 4) is 11.4 Å². The summed E-state index contributed by atoms with van der Waals surface area (Å²) in [5, 5.41) is 9.09. The first-order valence-electron chi connectivity index (χ1n) is 16.0. The van der Waals surface area contributed by atoms with E-state index in [1.807, 2.05) is 41.4 Å². The molecule has 2 fully saturated rings. The zero-order valence-electron chi connectivity index (χ0n) is 26.0. The van der Waals surface area contributed by atoms with Crippen molar-refractivity contribution in [2.75, 3.05) is 62.3 Å². The fraction of sp³-hybridized carbons (Fsp3) is 0.257. The van der Waals surface area contributed by atoms with Crippen LogP contribution in [0.1, 0.15) is 21.6 Å². The molecule has 0 radical (unpaired) electrons. The molecule has 12 nitrogen and oxygen atoms in total. The summed E-state index contributed by atoms with van der Waals surface area (Å²) in [5.41, 5.74) is 3.01. The van der Waals surface area contributed by atoms with Gasteiger partial charge in [-0.3, -0.25) is 9.59 Å². The van der Waals surface area contributed by atoms with Gasteiger partial charge in [-0.1, -0.05) is 24.3 Å². The van der Waals surface area contributed by atoms with Gasteiger partial charge in [-0.25, -0.2) is 9.49 Å². The van der Waals surface area contributed by atoms with Crippen molar-refractivity contribution in [2.45, 2.75) is 6.42 Å². The second-order valence-corrected chi connectivity index (χ2v) is 12.0. The summed E-state index contributed by atoms with van der Waals surface area (Å²) < 4.78 is 20.7. The average molecular weight is 646 g/mol. The van der Waals surface area contributed by atoms with Crippen molar-refractivity contribution in [3.63, 3.8) is 0 Å². The Bertz CT molecular complexity index is 2200. The Morgan fingerprint density at radius 1 is 0.833 bits per heavy atom. The zero-order valence-corrected chi connectivity index (χ0v) is 26.0. The maximum Gasteiger partial charge on any atom is 0.272 e. The summed E-state index contributed by atoms with van der Waals surface area (Å²) in [4.78, 5) is 49.5. The Hall–Kier alpha value is -5.69. The Morgan fingerprint density at radius 3 is 2.38 bits per heavy atom. The highest BCUT2D eigenvalue weighted by molar-refractivity contribution is 5.95. The molecule has 0 atom stereocenters. The first-order valence-corrected chi connectivity index (χ1v) is 16.0. The first kappa shape index (κ1) is 29.7. The molecule has 3 aromatic carbocycles. The number of H-pyrrole nitrogens is 2. The number of fused-ring (bicyclic) bond motifs is 2. The fourth-order valence-corrected chi connectivity index (χ4v) is 6.35. The highest BCUT2D eigenvalue weighted by atomic mass is 19.1. The minimum Gasteiger partial charge on any atom is -0.378 e. The zero-order chi connectivity index (χ0) is 32.6. The van der Waals surface area contributed by atoms with E-state index in [2.05, 4.69) is 26.1 Å². The predicted molar refractivity (Wildman–Crippen MR) is 180 cm³/mol. The summed E-state index contributed by atoms with van der Waals surface area (Å²) in [6.45, 7) is 4.26. The van der Waals surface area contributed by atoms with Crippen LogP contribution in [0.4, 0.5) is 16.3 Å². The molecule has 48 heavy (non-hydrogen) atoms. The van der Waals surface area contributed by atoms with Gasteiger partial charge in [0.15, 0.2) is 5.82 Å². The van der Waals surface area contributed by atoms with E-state index in [-0.39, 0.29) is 17.0 Å². The fourth-order valence-electron chi connectivity index (χ4n) is 6.35. The number of nitrogens with zero attached hydrogens (tertiary/aromatic N) is 7. The quantitative estimate of drug-likeness (QED) is 0.277. The number of hydrogen-bond donors (Lipinski definition) is 2. The van der Waals surface area contributed by atoms with E-state index < -0.39 is 5.82 Å². The molecular formula is C35H32FN9O3. The number of anilines is 2. The van der Waals surface area contributed by atoms with Gasteiger partial charge in [-0.05, 0) is 48.0 Å². The number of benzene rings is 3. The molecule has 6 aromatic rings. The highest BCUT2D eigenvalue weighted by Gasteiger charge is 2.27. The largest absolute Gasteiger partial charge is 0.378 e. The molecule has 2 saturated heterocycles. The molecule has 8 rings (SSSR count). The van der Waals surface area contributed by atoms with Crippen molar-refractivity contribution < 1.29 is 13.9 Å². The molecule has 5 heterocycles. The molecule has 2 N–H and O–H groups in total. The van der Waals surface area contributed by atoms with Crippen LogP contribution in [-0.2, 0) is 11.2 Å². The number of piperazine rings is 1. The minimum absolute atomic E-state index is 0.00637. The second-order valence-electron chi connectivity index (χ2n) is 12.0. The van der Waals surface area contributed by atoms with Gasteiger partial charge < -0.3 is 24.4 Å². The molecule has 3 aromatic heterocycles.